The first-order valence-corrected chi connectivity index (χ1v) is 5.95. The molecule has 2 aromatic heterocycles. The van der Waals surface area contributed by atoms with Gasteiger partial charge in [0.2, 0.25) is 0 Å². The summed E-state index contributed by atoms with van der Waals surface area (Å²) < 4.78 is 1.75. The second-order valence-electron chi connectivity index (χ2n) is 4.29. The summed E-state index contributed by atoms with van der Waals surface area (Å²) in [6.07, 6.45) is 5.24. The van der Waals surface area contributed by atoms with E-state index in [1.807, 2.05) is 37.5 Å². The summed E-state index contributed by atoms with van der Waals surface area (Å²) in [5, 5.41) is 4.39. The molecule has 6 heteroatoms. The van der Waals surface area contributed by atoms with Crippen LogP contribution in [0.4, 0.5) is 0 Å². The molecule has 0 aliphatic rings. The number of nitrogens with zero attached hydrogens (tertiary/aromatic N) is 4. The van der Waals surface area contributed by atoms with Crippen LogP contribution in [0.25, 0.3) is 11.0 Å². The SMILES string of the molecule is Cn1ccc(C(NN)c2cccc3nccnc23)n1. The first kappa shape index (κ1) is 11.8. The highest BCUT2D eigenvalue weighted by Gasteiger charge is 2.18. The number of hydrogen-bond acceptors (Lipinski definition) is 5. The van der Waals surface area contributed by atoms with Crippen molar-refractivity contribution in [1.82, 2.24) is 25.2 Å². The van der Waals surface area contributed by atoms with Gasteiger partial charge in [-0.05, 0) is 12.1 Å². The summed E-state index contributed by atoms with van der Waals surface area (Å²) in [6, 6.07) is 7.58. The number of aromatic nitrogens is 4. The standard InChI is InChI=1S/C13H14N6/c1-19-8-5-11(18-19)13(17-14)9-3-2-4-10-12(9)16-7-6-15-10/h2-8,13,17H,14H2,1H3. The molecule has 0 saturated carbocycles. The average molecular weight is 254 g/mol. The van der Waals surface area contributed by atoms with E-state index in [0.29, 0.717) is 0 Å². The van der Waals surface area contributed by atoms with Crippen molar-refractivity contribution in [1.29, 1.82) is 0 Å². The maximum absolute atomic E-state index is 5.69. The lowest BCUT2D eigenvalue weighted by atomic mass is 10.0. The van der Waals surface area contributed by atoms with Gasteiger partial charge in [0.15, 0.2) is 0 Å². The Kier molecular flexibility index (Phi) is 2.94. The van der Waals surface area contributed by atoms with Crippen LogP contribution in [0.3, 0.4) is 0 Å². The minimum atomic E-state index is -0.207. The van der Waals surface area contributed by atoms with Crippen molar-refractivity contribution in [3.05, 3.63) is 54.1 Å². The molecule has 6 nitrogen and oxygen atoms in total. The summed E-state index contributed by atoms with van der Waals surface area (Å²) in [5.74, 6) is 5.69. The lowest BCUT2D eigenvalue weighted by molar-refractivity contribution is 0.606. The number of benzene rings is 1. The van der Waals surface area contributed by atoms with Gasteiger partial charge in [0.05, 0.1) is 22.8 Å². The number of aryl methyl sites for hydroxylation is 1. The molecule has 0 spiro atoms. The monoisotopic (exact) mass is 254 g/mol. The van der Waals surface area contributed by atoms with Crippen molar-refractivity contribution in [2.24, 2.45) is 12.9 Å². The van der Waals surface area contributed by atoms with Crippen LogP contribution in [0, 0.1) is 0 Å². The molecule has 0 saturated heterocycles. The Hall–Kier alpha value is -2.31. The largest absolute Gasteiger partial charge is 0.275 e. The molecule has 0 fully saturated rings. The van der Waals surface area contributed by atoms with Gasteiger partial charge in [0.1, 0.15) is 0 Å². The summed E-state index contributed by atoms with van der Waals surface area (Å²) in [5.41, 5.74) is 6.29. The van der Waals surface area contributed by atoms with E-state index in [1.54, 1.807) is 17.1 Å². The number of nitrogens with two attached hydrogens (primary N) is 1. The van der Waals surface area contributed by atoms with Gasteiger partial charge in [-0.15, -0.1) is 0 Å². The van der Waals surface area contributed by atoms with E-state index in [2.05, 4.69) is 20.5 Å². The number of fused-ring (bicyclic) bond motifs is 1. The number of hydrazine groups is 1. The predicted octanol–water partition coefficient (Wildman–Crippen LogP) is 0.916. The third-order valence-corrected chi connectivity index (χ3v) is 3.04. The number of nitrogens with one attached hydrogen (secondary N) is 1. The van der Waals surface area contributed by atoms with Crippen molar-refractivity contribution >= 4 is 11.0 Å². The first-order valence-electron chi connectivity index (χ1n) is 5.95. The van der Waals surface area contributed by atoms with Crippen LogP contribution in [0.1, 0.15) is 17.3 Å². The Morgan fingerprint density at radius 3 is 2.79 bits per heavy atom. The van der Waals surface area contributed by atoms with E-state index in [-0.39, 0.29) is 6.04 Å². The fourth-order valence-electron chi connectivity index (χ4n) is 2.17. The van der Waals surface area contributed by atoms with E-state index in [1.165, 1.54) is 0 Å². The van der Waals surface area contributed by atoms with Crippen molar-refractivity contribution in [2.75, 3.05) is 0 Å². The molecule has 3 aromatic rings. The minimum Gasteiger partial charge on any atom is -0.275 e. The number of para-hydroxylation sites is 1. The number of rotatable bonds is 3. The van der Waals surface area contributed by atoms with E-state index in [0.717, 1.165) is 22.3 Å². The zero-order valence-corrected chi connectivity index (χ0v) is 10.5. The highest BCUT2D eigenvalue weighted by molar-refractivity contribution is 5.78. The highest BCUT2D eigenvalue weighted by atomic mass is 15.3. The average Bonchev–Trinajstić information content (AvgIpc) is 2.86. The maximum Gasteiger partial charge on any atom is 0.0939 e. The summed E-state index contributed by atoms with van der Waals surface area (Å²) in [4.78, 5) is 8.69. The zero-order valence-electron chi connectivity index (χ0n) is 10.5. The molecule has 2 heterocycles. The summed E-state index contributed by atoms with van der Waals surface area (Å²) in [7, 11) is 1.87. The van der Waals surface area contributed by atoms with E-state index < -0.39 is 0 Å². The van der Waals surface area contributed by atoms with Crippen LogP contribution >= 0.6 is 0 Å². The minimum absolute atomic E-state index is 0.207. The van der Waals surface area contributed by atoms with Crippen LogP contribution < -0.4 is 11.3 Å². The molecule has 0 radical (unpaired) electrons. The fourth-order valence-corrected chi connectivity index (χ4v) is 2.17. The topological polar surface area (TPSA) is 81.7 Å². The molecule has 19 heavy (non-hydrogen) atoms. The van der Waals surface area contributed by atoms with Crippen LogP contribution in [0.2, 0.25) is 0 Å². The molecule has 0 aliphatic carbocycles. The molecule has 3 N–H and O–H groups in total. The van der Waals surface area contributed by atoms with Gasteiger partial charge in [0, 0.05) is 31.2 Å². The Morgan fingerprint density at radius 1 is 1.21 bits per heavy atom. The van der Waals surface area contributed by atoms with Crippen molar-refractivity contribution in [3.8, 4) is 0 Å². The molecule has 1 unspecified atom stereocenters. The molecular formula is C13H14N6. The van der Waals surface area contributed by atoms with Crippen molar-refractivity contribution in [3.63, 3.8) is 0 Å². The molecule has 0 amide bonds. The van der Waals surface area contributed by atoms with Gasteiger partial charge in [-0.3, -0.25) is 20.5 Å². The molecule has 3 rings (SSSR count). The normalized spacial score (nSPS) is 12.7. The lowest BCUT2D eigenvalue weighted by Crippen LogP contribution is -2.29. The van der Waals surface area contributed by atoms with E-state index in [4.69, 9.17) is 5.84 Å². The second-order valence-corrected chi connectivity index (χ2v) is 4.29. The summed E-state index contributed by atoms with van der Waals surface area (Å²) >= 11 is 0. The fraction of sp³-hybridized carbons (Fsp3) is 0.154. The Morgan fingerprint density at radius 2 is 2.05 bits per heavy atom. The zero-order chi connectivity index (χ0) is 13.2. The van der Waals surface area contributed by atoms with Crippen molar-refractivity contribution in [2.45, 2.75) is 6.04 Å². The first-order chi connectivity index (χ1) is 9.29. The Labute approximate surface area is 110 Å². The quantitative estimate of drug-likeness (QED) is 0.536. The second kappa shape index (κ2) is 4.75. The van der Waals surface area contributed by atoms with Gasteiger partial charge in [0.25, 0.3) is 0 Å². The summed E-state index contributed by atoms with van der Waals surface area (Å²) in [6.45, 7) is 0. The Bertz CT molecular complexity index is 700. The van der Waals surface area contributed by atoms with E-state index in [9.17, 15) is 0 Å². The van der Waals surface area contributed by atoms with Crippen molar-refractivity contribution < 1.29 is 0 Å². The van der Waals surface area contributed by atoms with Gasteiger partial charge >= 0.3 is 0 Å². The third kappa shape index (κ3) is 2.07. The van der Waals surface area contributed by atoms with Gasteiger partial charge in [-0.1, -0.05) is 12.1 Å². The molecule has 0 bridgehead atoms. The van der Waals surface area contributed by atoms with Crippen LogP contribution in [-0.2, 0) is 7.05 Å². The maximum atomic E-state index is 5.69. The molecule has 1 aromatic carbocycles. The molecule has 1 atom stereocenters. The predicted molar refractivity (Wildman–Crippen MR) is 71.9 cm³/mol. The van der Waals surface area contributed by atoms with Gasteiger partial charge in [-0.2, -0.15) is 5.10 Å². The van der Waals surface area contributed by atoms with Crippen LogP contribution in [-0.4, -0.2) is 19.7 Å². The van der Waals surface area contributed by atoms with E-state index >= 15 is 0 Å². The lowest BCUT2D eigenvalue weighted by Gasteiger charge is -2.15. The van der Waals surface area contributed by atoms with Crippen LogP contribution in [0.15, 0.2) is 42.9 Å². The Balaban J connectivity index is 2.16. The van der Waals surface area contributed by atoms with Gasteiger partial charge in [-0.25, -0.2) is 5.43 Å². The van der Waals surface area contributed by atoms with Gasteiger partial charge < -0.3 is 0 Å². The molecular weight excluding hydrogens is 240 g/mol. The number of hydrogen-bond donors (Lipinski definition) is 2. The smallest absolute Gasteiger partial charge is 0.0939 e. The highest BCUT2D eigenvalue weighted by Crippen LogP contribution is 2.25. The third-order valence-electron chi connectivity index (χ3n) is 3.04. The molecule has 0 aliphatic heterocycles. The molecule has 96 valence electrons. The van der Waals surface area contributed by atoms with Crippen LogP contribution in [0.5, 0.6) is 0 Å².